The van der Waals surface area contributed by atoms with E-state index in [2.05, 4.69) is 93.6 Å². The lowest BCUT2D eigenvalue weighted by Crippen LogP contribution is -2.33. The van der Waals surface area contributed by atoms with Crippen LogP contribution in [-0.4, -0.2) is 44.4 Å². The Kier molecular flexibility index (Phi) is 7.52. The van der Waals surface area contributed by atoms with Crippen LogP contribution in [0.25, 0.3) is 33.3 Å². The fraction of sp³-hybridized carbons (Fsp3) is 0.282. The minimum atomic E-state index is -0.329. The maximum Gasteiger partial charge on any atom is 0.140 e. The quantitative estimate of drug-likeness (QED) is 0.176. The van der Waals surface area contributed by atoms with Crippen LogP contribution in [0, 0.1) is 32.5 Å². The molecule has 3 heterocycles. The topological polar surface area (TPSA) is 48.1 Å². The highest BCUT2D eigenvalue weighted by molar-refractivity contribution is 6.09. The summed E-state index contributed by atoms with van der Waals surface area (Å²) in [4.78, 5) is 6.80. The normalized spacial score (nSPS) is 18.5. The van der Waals surface area contributed by atoms with Crippen molar-refractivity contribution in [2.45, 2.75) is 53.0 Å². The van der Waals surface area contributed by atoms with Crippen molar-refractivity contribution in [3.63, 3.8) is 0 Å². The summed E-state index contributed by atoms with van der Waals surface area (Å²) in [6, 6.07) is 23.7. The molecule has 0 amide bonds. The van der Waals surface area contributed by atoms with Gasteiger partial charge in [-0.2, -0.15) is 5.10 Å². The first kappa shape index (κ1) is 29.9. The average Bonchev–Trinajstić information content (AvgIpc) is 3.49. The van der Waals surface area contributed by atoms with Crippen LogP contribution >= 0.6 is 0 Å². The molecule has 1 aliphatic carbocycles. The zero-order valence-corrected chi connectivity index (χ0v) is 27.5. The third-order valence-electron chi connectivity index (χ3n) is 9.55. The number of hydrogen-bond donors (Lipinski definition) is 0. The minimum Gasteiger partial charge on any atom is -0.457 e. The molecule has 6 aromatic rings. The summed E-state index contributed by atoms with van der Waals surface area (Å²) in [5.74, 6) is 2.46. The van der Waals surface area contributed by atoms with Gasteiger partial charge in [-0.15, -0.1) is 0 Å². The molecule has 7 rings (SSSR count). The monoisotopic (exact) mass is 613 g/mol. The zero-order valence-electron chi connectivity index (χ0n) is 27.5. The molecule has 6 nitrogen and oxygen atoms in total. The van der Waals surface area contributed by atoms with Gasteiger partial charge < -0.3 is 9.64 Å². The first-order chi connectivity index (χ1) is 22.1. The van der Waals surface area contributed by atoms with Gasteiger partial charge in [0.2, 0.25) is 0 Å². The van der Waals surface area contributed by atoms with E-state index in [9.17, 15) is 4.39 Å². The van der Waals surface area contributed by atoms with Gasteiger partial charge in [0.1, 0.15) is 23.1 Å². The highest BCUT2D eigenvalue weighted by Gasteiger charge is 2.33. The maximum atomic E-state index is 14.3. The molecule has 0 saturated heterocycles. The second-order valence-electron chi connectivity index (χ2n) is 13.1. The Morgan fingerprint density at radius 3 is 2.41 bits per heavy atom. The molecule has 0 aliphatic heterocycles. The second-order valence-corrected chi connectivity index (χ2v) is 13.1. The number of para-hydroxylation sites is 1. The maximum absolute atomic E-state index is 14.3. The average molecular weight is 614 g/mol. The van der Waals surface area contributed by atoms with Gasteiger partial charge in [-0.05, 0) is 96.1 Å². The first-order valence-corrected chi connectivity index (χ1v) is 15.9. The molecule has 0 spiro atoms. The number of pyridine rings is 1. The van der Waals surface area contributed by atoms with Crippen molar-refractivity contribution >= 4 is 21.8 Å². The van der Waals surface area contributed by atoms with E-state index in [1.165, 1.54) is 29.5 Å². The number of ether oxygens (including phenoxy) is 1. The molecule has 7 heteroatoms. The number of benzene rings is 3. The number of fused-ring (bicyclic) bond motifs is 3. The minimum absolute atomic E-state index is 0.329. The predicted molar refractivity (Wildman–Crippen MR) is 184 cm³/mol. The summed E-state index contributed by atoms with van der Waals surface area (Å²) < 4.78 is 24.9. The van der Waals surface area contributed by atoms with Crippen molar-refractivity contribution in [1.82, 2.24) is 24.2 Å². The molecule has 3 aromatic carbocycles. The Morgan fingerprint density at radius 2 is 1.65 bits per heavy atom. The molecular weight excluding hydrogens is 573 g/mol. The highest BCUT2D eigenvalue weighted by Crippen LogP contribution is 2.42. The zero-order chi connectivity index (χ0) is 32.3. The van der Waals surface area contributed by atoms with Crippen LogP contribution in [0.1, 0.15) is 48.7 Å². The smallest absolute Gasteiger partial charge is 0.140 e. The second kappa shape index (κ2) is 11.6. The van der Waals surface area contributed by atoms with Gasteiger partial charge in [-0.25, -0.2) is 14.1 Å². The van der Waals surface area contributed by atoms with Gasteiger partial charge in [-0.1, -0.05) is 36.8 Å². The number of allylic oxidation sites excluding steroid dienone is 1. The van der Waals surface area contributed by atoms with Gasteiger partial charge in [0.25, 0.3) is 0 Å². The van der Waals surface area contributed by atoms with Crippen LogP contribution < -0.4 is 4.74 Å². The Hall–Kier alpha value is -4.75. The van der Waals surface area contributed by atoms with Crippen molar-refractivity contribution in [1.29, 1.82) is 0 Å². The fourth-order valence-electron chi connectivity index (χ4n) is 7.49. The van der Waals surface area contributed by atoms with Crippen LogP contribution in [-0.2, 0) is 0 Å². The Morgan fingerprint density at radius 1 is 0.870 bits per heavy atom. The van der Waals surface area contributed by atoms with E-state index in [1.807, 2.05) is 41.0 Å². The van der Waals surface area contributed by atoms with Gasteiger partial charge in [0.15, 0.2) is 0 Å². The third kappa shape index (κ3) is 5.18. The van der Waals surface area contributed by atoms with E-state index >= 15 is 0 Å². The van der Waals surface area contributed by atoms with E-state index in [0.717, 1.165) is 56.6 Å². The Bertz CT molecular complexity index is 2140. The number of rotatable bonds is 6. The van der Waals surface area contributed by atoms with Crippen molar-refractivity contribution in [3.8, 4) is 23.0 Å². The molecule has 0 radical (unpaired) electrons. The summed E-state index contributed by atoms with van der Waals surface area (Å²) in [6.07, 6.45) is 5.05. The van der Waals surface area contributed by atoms with E-state index in [4.69, 9.17) is 9.84 Å². The number of halogens is 1. The molecule has 3 atom stereocenters. The molecule has 234 valence electrons. The Labute approximate surface area is 269 Å². The lowest BCUT2D eigenvalue weighted by atomic mass is 9.73. The van der Waals surface area contributed by atoms with Crippen LogP contribution in [0.2, 0.25) is 0 Å². The molecule has 0 saturated carbocycles. The summed E-state index contributed by atoms with van der Waals surface area (Å²) in [5.41, 5.74) is 8.88. The summed E-state index contributed by atoms with van der Waals surface area (Å²) >= 11 is 0. The fourth-order valence-corrected chi connectivity index (χ4v) is 7.49. The number of nitrogens with zero attached hydrogens (tertiary/aromatic N) is 5. The number of hydrogen-bond acceptors (Lipinski definition) is 4. The van der Waals surface area contributed by atoms with Gasteiger partial charge in [0.05, 0.1) is 22.4 Å². The molecule has 46 heavy (non-hydrogen) atoms. The van der Waals surface area contributed by atoms with Crippen LogP contribution in [0.3, 0.4) is 0 Å². The molecule has 0 bridgehead atoms. The molecule has 0 N–H and O–H groups in total. The third-order valence-corrected chi connectivity index (χ3v) is 9.55. The van der Waals surface area contributed by atoms with E-state index in [-0.39, 0.29) is 5.82 Å². The first-order valence-electron chi connectivity index (χ1n) is 15.9. The van der Waals surface area contributed by atoms with Crippen molar-refractivity contribution in [2.24, 2.45) is 5.92 Å². The molecule has 0 fully saturated rings. The standard InChI is InChI=1S/C39H40FN5O/c1-23-16-30(45-27(5)39(26(4)42-45)38-24(2)18-29(43(6)7)19-25(38)3)21-32(17-23)46-31-12-13-34-33-10-8-9-11-35(33)44(36(34)22-31)37-20-28(40)14-15-41-37/h8-18,20-22,25,29,38H,19H2,1-7H3/t25-,29?,38+/m0/s1. The van der Waals surface area contributed by atoms with E-state index in [1.54, 1.807) is 0 Å². The lowest BCUT2D eigenvalue weighted by Gasteiger charge is -2.36. The van der Waals surface area contributed by atoms with Crippen LogP contribution in [0.15, 0.2) is 90.6 Å². The summed E-state index contributed by atoms with van der Waals surface area (Å²) in [7, 11) is 4.32. The van der Waals surface area contributed by atoms with E-state index < -0.39 is 0 Å². The van der Waals surface area contributed by atoms with Crippen LogP contribution in [0.4, 0.5) is 4.39 Å². The van der Waals surface area contributed by atoms with Crippen molar-refractivity contribution in [3.05, 3.63) is 119 Å². The molecule has 3 aromatic heterocycles. The lowest BCUT2D eigenvalue weighted by molar-refractivity contribution is 0.266. The predicted octanol–water partition coefficient (Wildman–Crippen LogP) is 9.22. The number of likely N-dealkylation sites (N-methyl/N-ethyl adjacent to an activating group) is 1. The van der Waals surface area contributed by atoms with Crippen molar-refractivity contribution < 1.29 is 9.13 Å². The Balaban J connectivity index is 1.27. The number of aryl methyl sites for hydroxylation is 2. The van der Waals surface area contributed by atoms with E-state index in [0.29, 0.717) is 29.4 Å². The SMILES string of the molecule is CC1=CC(N(C)C)C[C@H](C)[C@@H]1c1c(C)nn(-c2cc(C)cc(Oc3ccc4c5ccccc5n(-c5cc(F)ccn5)c4c3)c2)c1C. The van der Waals surface area contributed by atoms with Crippen LogP contribution in [0.5, 0.6) is 11.5 Å². The summed E-state index contributed by atoms with van der Waals surface area (Å²) in [5, 5.41) is 7.19. The molecule has 1 unspecified atom stereocenters. The largest absolute Gasteiger partial charge is 0.457 e. The number of aromatic nitrogens is 4. The highest BCUT2D eigenvalue weighted by atomic mass is 19.1. The van der Waals surface area contributed by atoms with Gasteiger partial charge >= 0.3 is 0 Å². The van der Waals surface area contributed by atoms with Gasteiger partial charge in [0, 0.05) is 58.4 Å². The molecular formula is C39H40FN5O. The summed E-state index contributed by atoms with van der Waals surface area (Å²) in [6.45, 7) is 11.0. The molecule has 1 aliphatic rings. The van der Waals surface area contributed by atoms with Crippen molar-refractivity contribution in [2.75, 3.05) is 14.1 Å². The van der Waals surface area contributed by atoms with Gasteiger partial charge in [-0.3, -0.25) is 4.57 Å².